The lowest BCUT2D eigenvalue weighted by atomic mass is 9.80. The third-order valence-electron chi connectivity index (χ3n) is 3.74. The first-order chi connectivity index (χ1) is 10.6. The van der Waals surface area contributed by atoms with E-state index in [4.69, 9.17) is 4.74 Å². The Kier molecular flexibility index (Phi) is 5.21. The molecule has 2 aromatic carbocycles. The fraction of sp³-hybridized carbons (Fsp3) is 0.316. The summed E-state index contributed by atoms with van der Waals surface area (Å²) in [4.78, 5) is 12.4. The Morgan fingerprint density at radius 1 is 1.05 bits per heavy atom. The Morgan fingerprint density at radius 3 is 2.14 bits per heavy atom. The van der Waals surface area contributed by atoms with Gasteiger partial charge >= 0.3 is 5.97 Å². The van der Waals surface area contributed by atoms with Gasteiger partial charge in [0.15, 0.2) is 0 Å². The number of nitrogens with one attached hydrogen (secondary N) is 1. The van der Waals surface area contributed by atoms with E-state index in [2.05, 4.69) is 5.32 Å². The van der Waals surface area contributed by atoms with E-state index in [9.17, 15) is 4.79 Å². The van der Waals surface area contributed by atoms with Crippen molar-refractivity contribution in [3.63, 3.8) is 0 Å². The molecule has 0 fully saturated rings. The smallest absolute Gasteiger partial charge is 0.313 e. The normalized spacial score (nSPS) is 12.5. The summed E-state index contributed by atoms with van der Waals surface area (Å²) in [6.45, 7) is 6.04. The number of anilines is 1. The molecule has 22 heavy (non-hydrogen) atoms. The topological polar surface area (TPSA) is 38.3 Å². The molecule has 0 spiro atoms. The van der Waals surface area contributed by atoms with Crippen LogP contribution in [0, 0.1) is 5.41 Å². The minimum atomic E-state index is -0.687. The van der Waals surface area contributed by atoms with Gasteiger partial charge in [0, 0.05) is 5.69 Å². The van der Waals surface area contributed by atoms with E-state index in [-0.39, 0.29) is 12.0 Å². The van der Waals surface area contributed by atoms with Gasteiger partial charge in [-0.3, -0.25) is 4.79 Å². The van der Waals surface area contributed by atoms with Crippen LogP contribution in [0.5, 0.6) is 0 Å². The minimum absolute atomic E-state index is 0.171. The van der Waals surface area contributed by atoms with Gasteiger partial charge in [-0.05, 0) is 38.5 Å². The molecule has 1 N–H and O–H groups in total. The van der Waals surface area contributed by atoms with Crippen molar-refractivity contribution in [3.05, 3.63) is 66.2 Å². The zero-order chi connectivity index (χ0) is 16.0. The molecule has 0 saturated heterocycles. The fourth-order valence-corrected chi connectivity index (χ4v) is 2.46. The van der Waals surface area contributed by atoms with E-state index in [0.29, 0.717) is 6.61 Å². The molecule has 0 bridgehead atoms. The SMILES string of the molecule is CCOC(=O)C(C)(C)[C@H](Nc1ccccc1)c1ccccc1. The molecule has 0 saturated carbocycles. The Balaban J connectivity index is 2.35. The van der Waals surface area contributed by atoms with Gasteiger partial charge in [-0.2, -0.15) is 0 Å². The van der Waals surface area contributed by atoms with E-state index in [1.54, 1.807) is 0 Å². The van der Waals surface area contributed by atoms with Crippen LogP contribution in [0.3, 0.4) is 0 Å². The number of rotatable bonds is 6. The fourth-order valence-electron chi connectivity index (χ4n) is 2.46. The first kappa shape index (κ1) is 16.1. The minimum Gasteiger partial charge on any atom is -0.466 e. The molecule has 0 aromatic heterocycles. The van der Waals surface area contributed by atoms with Gasteiger partial charge in [-0.1, -0.05) is 48.5 Å². The molecule has 0 unspecified atom stereocenters. The number of hydrogen-bond acceptors (Lipinski definition) is 3. The van der Waals surface area contributed by atoms with Crippen molar-refractivity contribution in [3.8, 4) is 0 Å². The largest absolute Gasteiger partial charge is 0.466 e. The van der Waals surface area contributed by atoms with E-state index in [1.807, 2.05) is 81.4 Å². The third kappa shape index (κ3) is 3.67. The molecular formula is C19H23NO2. The highest BCUT2D eigenvalue weighted by Crippen LogP contribution is 2.37. The zero-order valence-corrected chi connectivity index (χ0v) is 13.4. The van der Waals surface area contributed by atoms with Crippen molar-refractivity contribution >= 4 is 11.7 Å². The predicted molar refractivity (Wildman–Crippen MR) is 89.7 cm³/mol. The van der Waals surface area contributed by atoms with Crippen LogP contribution in [0.15, 0.2) is 60.7 Å². The van der Waals surface area contributed by atoms with Crippen LogP contribution >= 0.6 is 0 Å². The van der Waals surface area contributed by atoms with Gasteiger partial charge in [0.25, 0.3) is 0 Å². The van der Waals surface area contributed by atoms with Gasteiger partial charge in [-0.25, -0.2) is 0 Å². The van der Waals surface area contributed by atoms with Gasteiger partial charge in [-0.15, -0.1) is 0 Å². The van der Waals surface area contributed by atoms with Crippen molar-refractivity contribution in [1.82, 2.24) is 0 Å². The van der Waals surface area contributed by atoms with Crippen molar-refractivity contribution in [2.24, 2.45) is 5.41 Å². The molecule has 0 amide bonds. The molecule has 0 aliphatic carbocycles. The highest BCUT2D eigenvalue weighted by molar-refractivity contribution is 5.78. The van der Waals surface area contributed by atoms with Crippen molar-refractivity contribution in [1.29, 1.82) is 0 Å². The van der Waals surface area contributed by atoms with Gasteiger partial charge in [0.1, 0.15) is 0 Å². The van der Waals surface area contributed by atoms with Gasteiger partial charge in [0.05, 0.1) is 18.1 Å². The van der Waals surface area contributed by atoms with Crippen LogP contribution in [0.2, 0.25) is 0 Å². The summed E-state index contributed by atoms with van der Waals surface area (Å²) < 4.78 is 5.27. The van der Waals surface area contributed by atoms with Crippen LogP contribution < -0.4 is 5.32 Å². The summed E-state index contributed by atoms with van der Waals surface area (Å²) in [5, 5.41) is 3.47. The molecule has 2 aromatic rings. The van der Waals surface area contributed by atoms with Crippen molar-refractivity contribution in [2.75, 3.05) is 11.9 Å². The molecule has 3 nitrogen and oxygen atoms in total. The first-order valence-electron chi connectivity index (χ1n) is 7.59. The maximum atomic E-state index is 12.4. The van der Waals surface area contributed by atoms with Crippen LogP contribution in [0.25, 0.3) is 0 Å². The van der Waals surface area contributed by atoms with Crippen LogP contribution in [0.4, 0.5) is 5.69 Å². The average Bonchev–Trinajstić information content (AvgIpc) is 2.54. The Labute approximate surface area is 132 Å². The molecule has 2 rings (SSSR count). The second kappa shape index (κ2) is 7.12. The molecule has 0 radical (unpaired) electrons. The molecule has 0 aliphatic rings. The van der Waals surface area contributed by atoms with Crippen LogP contribution in [-0.2, 0) is 9.53 Å². The molecule has 0 heterocycles. The molecule has 116 valence electrons. The first-order valence-corrected chi connectivity index (χ1v) is 7.59. The highest BCUT2D eigenvalue weighted by atomic mass is 16.5. The summed E-state index contributed by atoms with van der Waals surface area (Å²) in [5.41, 5.74) is 1.35. The standard InChI is InChI=1S/C19H23NO2/c1-4-22-18(21)19(2,3)17(15-11-7-5-8-12-15)20-16-13-9-6-10-14-16/h5-14,17,20H,4H2,1-3H3/t17-/m1/s1. The number of carbonyl (C=O) groups excluding carboxylic acids is 1. The quantitative estimate of drug-likeness (QED) is 0.802. The number of hydrogen-bond donors (Lipinski definition) is 1. The van der Waals surface area contributed by atoms with E-state index < -0.39 is 5.41 Å². The zero-order valence-electron chi connectivity index (χ0n) is 13.4. The lowest BCUT2D eigenvalue weighted by molar-refractivity contribution is -0.154. The number of benzene rings is 2. The van der Waals surface area contributed by atoms with Crippen LogP contribution in [-0.4, -0.2) is 12.6 Å². The summed E-state index contributed by atoms with van der Waals surface area (Å²) in [7, 11) is 0. The predicted octanol–water partition coefficient (Wildman–Crippen LogP) is 4.43. The highest BCUT2D eigenvalue weighted by Gasteiger charge is 2.39. The number of carbonyl (C=O) groups is 1. The molecule has 3 heteroatoms. The number of esters is 1. The van der Waals surface area contributed by atoms with Gasteiger partial charge in [0.2, 0.25) is 0 Å². The summed E-state index contributed by atoms with van der Waals surface area (Å²) in [5.74, 6) is -0.202. The average molecular weight is 297 g/mol. The molecule has 1 atom stereocenters. The summed E-state index contributed by atoms with van der Waals surface area (Å²) in [6.07, 6.45) is 0. The number of ether oxygens (including phenoxy) is 1. The van der Waals surface area contributed by atoms with Gasteiger partial charge < -0.3 is 10.1 Å². The van der Waals surface area contributed by atoms with Crippen molar-refractivity contribution in [2.45, 2.75) is 26.8 Å². The van der Waals surface area contributed by atoms with E-state index >= 15 is 0 Å². The molecular weight excluding hydrogens is 274 g/mol. The van der Waals surface area contributed by atoms with E-state index in [1.165, 1.54) is 0 Å². The second-order valence-corrected chi connectivity index (χ2v) is 5.80. The lowest BCUT2D eigenvalue weighted by Gasteiger charge is -2.34. The van der Waals surface area contributed by atoms with Crippen molar-refractivity contribution < 1.29 is 9.53 Å². The Hall–Kier alpha value is -2.29. The summed E-state index contributed by atoms with van der Waals surface area (Å²) >= 11 is 0. The monoisotopic (exact) mass is 297 g/mol. The second-order valence-electron chi connectivity index (χ2n) is 5.80. The lowest BCUT2D eigenvalue weighted by Crippen LogP contribution is -2.37. The maximum Gasteiger partial charge on any atom is 0.313 e. The Bertz CT molecular complexity index is 593. The summed E-state index contributed by atoms with van der Waals surface area (Å²) in [6, 6.07) is 19.7. The third-order valence-corrected chi connectivity index (χ3v) is 3.74. The van der Waals surface area contributed by atoms with Crippen LogP contribution in [0.1, 0.15) is 32.4 Å². The number of para-hydroxylation sites is 1. The molecule has 0 aliphatic heterocycles. The maximum absolute atomic E-state index is 12.4. The Morgan fingerprint density at radius 2 is 1.59 bits per heavy atom. The van der Waals surface area contributed by atoms with E-state index in [0.717, 1.165) is 11.3 Å².